The topological polar surface area (TPSA) is 138 Å². The van der Waals surface area contributed by atoms with Crippen molar-refractivity contribution in [1.82, 2.24) is 9.21 Å². The number of amides is 2. The number of nitrogens with two attached hydrogens (primary N) is 1. The maximum absolute atomic E-state index is 12.3. The second kappa shape index (κ2) is 6.85. The largest absolute Gasteiger partial charge is 0.480 e. The summed E-state index contributed by atoms with van der Waals surface area (Å²) in [6, 6.07) is 0. The molecule has 0 aliphatic carbocycles. The molecule has 3 N–H and O–H groups in total. The van der Waals surface area contributed by atoms with E-state index in [9.17, 15) is 22.8 Å². The third-order valence-electron chi connectivity index (χ3n) is 3.19. The number of aliphatic carboxylic acids is 1. The lowest BCUT2D eigenvalue weighted by molar-refractivity contribution is -0.148. The maximum atomic E-state index is 12.3. The van der Waals surface area contributed by atoms with Crippen molar-refractivity contribution in [1.29, 1.82) is 0 Å². The molecule has 0 radical (unpaired) electrons. The molecule has 1 heterocycles. The Morgan fingerprint density at radius 2 is 1.95 bits per heavy atom. The van der Waals surface area contributed by atoms with Crippen molar-refractivity contribution < 1.29 is 27.9 Å². The second-order valence-corrected chi connectivity index (χ2v) is 7.00. The van der Waals surface area contributed by atoms with Crippen molar-refractivity contribution in [2.75, 3.05) is 32.4 Å². The van der Waals surface area contributed by atoms with Crippen LogP contribution in [0.4, 0.5) is 0 Å². The first-order chi connectivity index (χ1) is 9.61. The first-order valence-electron chi connectivity index (χ1n) is 6.35. The van der Waals surface area contributed by atoms with Gasteiger partial charge >= 0.3 is 5.97 Å². The molecule has 0 aromatic heterocycles. The Labute approximate surface area is 122 Å². The number of carbonyl (C=O) groups is 3. The molecule has 0 saturated carbocycles. The van der Waals surface area contributed by atoms with E-state index in [1.807, 2.05) is 0 Å². The fraction of sp³-hybridized carbons (Fsp3) is 0.727. The lowest BCUT2D eigenvalue weighted by Crippen LogP contribution is -2.49. The highest BCUT2D eigenvalue weighted by Gasteiger charge is 2.33. The van der Waals surface area contributed by atoms with Gasteiger partial charge in [-0.1, -0.05) is 0 Å². The summed E-state index contributed by atoms with van der Waals surface area (Å²) in [4.78, 5) is 34.8. The number of rotatable bonds is 6. The summed E-state index contributed by atoms with van der Waals surface area (Å²) < 4.78 is 24.2. The van der Waals surface area contributed by atoms with Crippen molar-refractivity contribution in [3.8, 4) is 0 Å². The quantitative estimate of drug-likeness (QED) is 0.583. The molecule has 0 spiro atoms. The number of sulfonamides is 1. The van der Waals surface area contributed by atoms with E-state index in [4.69, 9.17) is 10.8 Å². The van der Waals surface area contributed by atoms with Gasteiger partial charge in [0, 0.05) is 13.1 Å². The van der Waals surface area contributed by atoms with Gasteiger partial charge < -0.3 is 15.7 Å². The maximum Gasteiger partial charge on any atom is 0.323 e. The van der Waals surface area contributed by atoms with Crippen molar-refractivity contribution in [3.63, 3.8) is 0 Å². The molecule has 1 atom stereocenters. The minimum atomic E-state index is -3.41. The van der Waals surface area contributed by atoms with E-state index in [0.717, 1.165) is 11.2 Å². The molecular formula is C11H19N3O6S. The highest BCUT2D eigenvalue weighted by Crippen LogP contribution is 2.20. The summed E-state index contributed by atoms with van der Waals surface area (Å²) in [7, 11) is -3.41. The van der Waals surface area contributed by atoms with Gasteiger partial charge in [-0.3, -0.25) is 14.4 Å². The fourth-order valence-electron chi connectivity index (χ4n) is 2.27. The van der Waals surface area contributed by atoms with Gasteiger partial charge in [-0.2, -0.15) is 0 Å². The average molecular weight is 321 g/mol. The molecule has 1 unspecified atom stereocenters. The number of hydrogen-bond donors (Lipinski definition) is 2. The molecule has 0 bridgehead atoms. The van der Waals surface area contributed by atoms with Gasteiger partial charge in [-0.25, -0.2) is 12.7 Å². The minimum absolute atomic E-state index is 0.00739. The van der Waals surface area contributed by atoms with Crippen molar-refractivity contribution in [2.45, 2.75) is 12.8 Å². The number of hydrogen-bond acceptors (Lipinski definition) is 5. The third kappa shape index (κ3) is 5.31. The van der Waals surface area contributed by atoms with Gasteiger partial charge in [0.2, 0.25) is 21.8 Å². The SMILES string of the molecule is CS(=O)(=O)N1CCCC(C(=O)N(CC(N)=O)CC(=O)O)C1. The van der Waals surface area contributed by atoms with Gasteiger partial charge in [0.25, 0.3) is 0 Å². The van der Waals surface area contributed by atoms with E-state index in [-0.39, 0.29) is 6.54 Å². The molecule has 9 nitrogen and oxygen atoms in total. The van der Waals surface area contributed by atoms with Gasteiger partial charge in [-0.05, 0) is 12.8 Å². The summed E-state index contributed by atoms with van der Waals surface area (Å²) in [5.74, 6) is -3.31. The van der Waals surface area contributed by atoms with Crippen molar-refractivity contribution >= 4 is 27.8 Å². The molecular weight excluding hydrogens is 302 g/mol. The van der Waals surface area contributed by atoms with Crippen LogP contribution in [0.1, 0.15) is 12.8 Å². The van der Waals surface area contributed by atoms with Crippen LogP contribution >= 0.6 is 0 Å². The van der Waals surface area contributed by atoms with Crippen LogP contribution in [0.2, 0.25) is 0 Å². The standard InChI is InChI=1S/C11H19N3O6S/c1-21(19,20)14-4-2-3-8(5-14)11(18)13(6-9(12)15)7-10(16)17/h8H,2-7H2,1H3,(H2,12,15)(H,16,17). The van der Waals surface area contributed by atoms with Gasteiger partial charge in [0.1, 0.15) is 6.54 Å². The fourth-order valence-corrected chi connectivity index (χ4v) is 3.18. The Morgan fingerprint density at radius 1 is 1.33 bits per heavy atom. The van der Waals surface area contributed by atoms with E-state index < -0.39 is 46.8 Å². The van der Waals surface area contributed by atoms with E-state index in [2.05, 4.69) is 0 Å². The number of nitrogens with zero attached hydrogens (tertiary/aromatic N) is 2. The molecule has 0 aromatic carbocycles. The molecule has 0 aromatic rings. The number of primary amides is 1. The minimum Gasteiger partial charge on any atom is -0.480 e. The lowest BCUT2D eigenvalue weighted by Gasteiger charge is -2.32. The normalized spacial score (nSPS) is 20.0. The Hall–Kier alpha value is -1.68. The van der Waals surface area contributed by atoms with Crippen molar-refractivity contribution in [3.05, 3.63) is 0 Å². The number of carboxylic acid groups (broad SMARTS) is 1. The van der Waals surface area contributed by atoms with E-state index in [0.29, 0.717) is 19.4 Å². The van der Waals surface area contributed by atoms with Crippen LogP contribution in [0.3, 0.4) is 0 Å². The first kappa shape index (κ1) is 17.4. The Balaban J connectivity index is 2.82. The molecule has 1 aliphatic rings. The van der Waals surface area contributed by atoms with Crippen LogP contribution in [-0.2, 0) is 24.4 Å². The smallest absolute Gasteiger partial charge is 0.323 e. The van der Waals surface area contributed by atoms with Crippen LogP contribution in [0.15, 0.2) is 0 Å². The molecule has 2 amide bonds. The predicted octanol–water partition coefficient (Wildman–Crippen LogP) is -1.94. The van der Waals surface area contributed by atoms with Crippen LogP contribution in [0.5, 0.6) is 0 Å². The zero-order valence-corrected chi connectivity index (χ0v) is 12.5. The molecule has 21 heavy (non-hydrogen) atoms. The van der Waals surface area contributed by atoms with E-state index in [1.54, 1.807) is 0 Å². The summed E-state index contributed by atoms with van der Waals surface area (Å²) in [5.41, 5.74) is 5.00. The van der Waals surface area contributed by atoms with Crippen LogP contribution in [0.25, 0.3) is 0 Å². The van der Waals surface area contributed by atoms with Crippen LogP contribution < -0.4 is 5.73 Å². The zero-order chi connectivity index (χ0) is 16.2. The molecule has 1 rings (SSSR count). The van der Waals surface area contributed by atoms with Gasteiger partial charge in [0.05, 0.1) is 18.7 Å². The molecule has 10 heteroatoms. The molecule has 120 valence electrons. The number of carbonyl (C=O) groups excluding carboxylic acids is 2. The number of piperidine rings is 1. The predicted molar refractivity (Wildman–Crippen MR) is 72.6 cm³/mol. The van der Waals surface area contributed by atoms with E-state index in [1.165, 1.54) is 4.31 Å². The van der Waals surface area contributed by atoms with Gasteiger partial charge in [0.15, 0.2) is 0 Å². The lowest BCUT2D eigenvalue weighted by atomic mass is 9.98. The monoisotopic (exact) mass is 321 g/mol. The summed E-state index contributed by atoms with van der Waals surface area (Å²) in [6.45, 7) is -0.818. The second-order valence-electron chi connectivity index (χ2n) is 5.01. The highest BCUT2D eigenvalue weighted by atomic mass is 32.2. The number of carboxylic acids is 1. The summed E-state index contributed by atoms with van der Waals surface area (Å²) >= 11 is 0. The Morgan fingerprint density at radius 3 is 2.43 bits per heavy atom. The molecule has 1 saturated heterocycles. The van der Waals surface area contributed by atoms with Crippen molar-refractivity contribution in [2.24, 2.45) is 11.7 Å². The van der Waals surface area contributed by atoms with Crippen LogP contribution in [-0.4, -0.2) is 72.9 Å². The molecule has 1 fully saturated rings. The van der Waals surface area contributed by atoms with Crippen LogP contribution in [0, 0.1) is 5.92 Å². The molecule has 1 aliphatic heterocycles. The Bertz CT molecular complexity index is 516. The summed E-state index contributed by atoms with van der Waals surface area (Å²) in [5, 5.41) is 8.77. The Kier molecular flexibility index (Phi) is 5.67. The third-order valence-corrected chi connectivity index (χ3v) is 4.46. The zero-order valence-electron chi connectivity index (χ0n) is 11.7. The summed E-state index contributed by atoms with van der Waals surface area (Å²) in [6.07, 6.45) is 2.00. The average Bonchev–Trinajstić information content (AvgIpc) is 2.35. The van der Waals surface area contributed by atoms with Gasteiger partial charge in [-0.15, -0.1) is 0 Å². The first-order valence-corrected chi connectivity index (χ1v) is 8.20. The van der Waals surface area contributed by atoms with E-state index >= 15 is 0 Å². The highest BCUT2D eigenvalue weighted by molar-refractivity contribution is 7.88.